The van der Waals surface area contributed by atoms with Crippen molar-refractivity contribution < 1.29 is 28.7 Å². The number of rotatable bonds is 35. The van der Waals surface area contributed by atoms with Crippen LogP contribution in [0.2, 0.25) is 0 Å². The van der Waals surface area contributed by atoms with Crippen molar-refractivity contribution in [1.82, 2.24) is 45.8 Å². The second-order valence-corrected chi connectivity index (χ2v) is 36.2. The van der Waals surface area contributed by atoms with Crippen LogP contribution in [0.1, 0.15) is 195 Å². The summed E-state index contributed by atoms with van der Waals surface area (Å²) in [6, 6.07) is 80.7. The van der Waals surface area contributed by atoms with Crippen molar-refractivity contribution in [3.05, 3.63) is 292 Å². The van der Waals surface area contributed by atoms with E-state index >= 15 is 0 Å². The lowest BCUT2D eigenvalue weighted by Gasteiger charge is -2.22. The number of ether oxygens (including phenoxy) is 1. The summed E-state index contributed by atoms with van der Waals surface area (Å²) in [5.41, 5.74) is 21.4. The summed E-state index contributed by atoms with van der Waals surface area (Å²) in [7, 11) is 9.68. The highest BCUT2D eigenvalue weighted by Crippen LogP contribution is 2.36. The van der Waals surface area contributed by atoms with Gasteiger partial charge in [0.1, 0.15) is 5.75 Å². The van der Waals surface area contributed by atoms with E-state index in [1.807, 2.05) is 161 Å². The Bertz CT molecular complexity index is 5000. The van der Waals surface area contributed by atoms with E-state index in [9.17, 15) is 24.0 Å². The Morgan fingerprint density at radius 3 is 1.10 bits per heavy atom. The summed E-state index contributed by atoms with van der Waals surface area (Å²) >= 11 is 0. The van der Waals surface area contributed by atoms with E-state index in [2.05, 4.69) is 240 Å². The third-order valence-electron chi connectivity index (χ3n) is 22.5. The van der Waals surface area contributed by atoms with Crippen LogP contribution in [0.5, 0.6) is 5.75 Å². The number of hydrogen-bond acceptors (Lipinski definition) is 10. The molecule has 10 aromatic rings. The van der Waals surface area contributed by atoms with Crippen molar-refractivity contribution in [2.24, 2.45) is 29.6 Å². The van der Waals surface area contributed by atoms with Crippen molar-refractivity contribution in [1.29, 1.82) is 0 Å². The Morgan fingerprint density at radius 2 is 0.722 bits per heavy atom. The number of carbonyl (C=O) groups is 5. The molecular weight excluding hydrogens is 1560 g/mol. The van der Waals surface area contributed by atoms with Crippen molar-refractivity contribution in [3.63, 3.8) is 0 Å². The fourth-order valence-corrected chi connectivity index (χ4v) is 16.2. The largest absolute Gasteiger partial charge is 0.496 e. The Balaban J connectivity index is 0.000000195. The van der Waals surface area contributed by atoms with Gasteiger partial charge >= 0.3 is 0 Å². The highest BCUT2D eigenvalue weighted by Gasteiger charge is 2.24. The van der Waals surface area contributed by atoms with E-state index in [4.69, 9.17) is 4.74 Å². The molecule has 0 bridgehead atoms. The average molecular weight is 1700 g/mol. The zero-order valence-corrected chi connectivity index (χ0v) is 79.2. The molecule has 2 heterocycles. The van der Waals surface area contributed by atoms with Gasteiger partial charge in [0.15, 0.2) is 0 Å². The molecule has 2 aliphatic heterocycles. The summed E-state index contributed by atoms with van der Waals surface area (Å²) in [5.74, 6) is 4.09. The lowest BCUT2D eigenvalue weighted by molar-refractivity contribution is 0.0771. The Hall–Kier alpha value is -10.8. The minimum Gasteiger partial charge on any atom is -0.496 e. The summed E-state index contributed by atoms with van der Waals surface area (Å²) in [5, 5.41) is 12.1. The van der Waals surface area contributed by atoms with E-state index in [0.717, 1.165) is 159 Å². The van der Waals surface area contributed by atoms with E-state index < -0.39 is 0 Å². The van der Waals surface area contributed by atoms with Crippen LogP contribution in [-0.2, 0) is 32.1 Å². The molecule has 0 radical (unpaired) electrons. The molecule has 0 aliphatic carbocycles. The topological polar surface area (TPSA) is 159 Å². The van der Waals surface area contributed by atoms with Gasteiger partial charge in [-0.05, 0) is 294 Å². The average Bonchev–Trinajstić information content (AvgIpc) is 0.987. The molecule has 12 rings (SSSR count). The van der Waals surface area contributed by atoms with Crippen molar-refractivity contribution in [3.8, 4) is 61.4 Å². The van der Waals surface area contributed by atoms with Gasteiger partial charge in [-0.25, -0.2) is 0 Å². The molecule has 2 fully saturated rings. The summed E-state index contributed by atoms with van der Waals surface area (Å²) in [6.45, 7) is 39.8. The van der Waals surface area contributed by atoms with Gasteiger partial charge in [-0.2, -0.15) is 0 Å². The second kappa shape index (κ2) is 53.0. The van der Waals surface area contributed by atoms with Crippen LogP contribution < -0.4 is 26.0 Å². The van der Waals surface area contributed by atoms with Crippen LogP contribution in [0.25, 0.3) is 55.6 Å². The molecule has 1 atom stereocenters. The van der Waals surface area contributed by atoms with E-state index in [1.165, 1.54) is 70.2 Å². The number of nitrogens with zero attached hydrogens (tertiary/aromatic N) is 5. The molecule has 15 heteroatoms. The van der Waals surface area contributed by atoms with Gasteiger partial charge in [0.25, 0.3) is 29.5 Å². The molecule has 672 valence electrons. The molecule has 126 heavy (non-hydrogen) atoms. The van der Waals surface area contributed by atoms with E-state index in [1.54, 1.807) is 7.11 Å². The van der Waals surface area contributed by atoms with Gasteiger partial charge in [-0.15, -0.1) is 0 Å². The number of hydrogen-bond donors (Lipinski definition) is 4. The number of carbonyl (C=O) groups excluding carboxylic acids is 5. The van der Waals surface area contributed by atoms with E-state index in [-0.39, 0.29) is 29.5 Å². The molecule has 5 amide bonds. The first-order chi connectivity index (χ1) is 60.6. The van der Waals surface area contributed by atoms with E-state index in [0.29, 0.717) is 66.4 Å². The normalized spacial score (nSPS) is 13.1. The highest BCUT2D eigenvalue weighted by molar-refractivity contribution is 5.98. The van der Waals surface area contributed by atoms with Gasteiger partial charge in [0.2, 0.25) is 0 Å². The van der Waals surface area contributed by atoms with Crippen LogP contribution in [0.3, 0.4) is 0 Å². The number of methoxy groups -OCH3 is 1. The number of para-hydroxylation sites is 1. The first-order valence-electron chi connectivity index (χ1n) is 46.3. The monoisotopic (exact) mass is 1700 g/mol. The quantitative estimate of drug-likeness (QED) is 0.0301. The smallest absolute Gasteiger partial charge is 0.253 e. The molecule has 0 saturated carbocycles. The molecule has 15 nitrogen and oxygen atoms in total. The Kier molecular flexibility index (Phi) is 42.3. The summed E-state index contributed by atoms with van der Waals surface area (Å²) in [6.07, 6.45) is 10.2. The van der Waals surface area contributed by atoms with Gasteiger partial charge < -0.3 is 45.6 Å². The maximum atomic E-state index is 12.7. The maximum Gasteiger partial charge on any atom is 0.253 e. The van der Waals surface area contributed by atoms with Crippen LogP contribution in [0.4, 0.5) is 0 Å². The lowest BCUT2D eigenvalue weighted by Crippen LogP contribution is -2.40. The van der Waals surface area contributed by atoms with Crippen LogP contribution in [0.15, 0.2) is 237 Å². The first-order valence-corrected chi connectivity index (χ1v) is 46.3. The number of likely N-dealkylation sites (N-methyl/N-ethyl adjacent to an activating group) is 3. The molecule has 2 aliphatic rings. The minimum absolute atomic E-state index is 0.0166. The standard InChI is InChI=1S/C24H32N2O.C23H30N2O.C22H30N2O2.C21H28N2O.C21H27NO/c1-4-26-13-7-12-23(26)17-25-24(27)22-11-6-10-21(16-22)20-9-5-8-19(15-20)14-18(2)3;1-18(2)15-19-7-5-8-20(16-19)21-9-6-10-22(17-21)23(26)24-11-14-25-12-3-4-13-25;1-16(2)14-18-9-7-11-20(21(18)26-5)17-8-6-10-19(15-17)22(25)23-12-13-24(3)4;1-16(2)13-17-7-5-8-18(14-17)19-9-6-10-20(15-19)21(24)22-11-12-23(3)4;1-5-22(6-2)21(23)19-12-10-18(11-13-19)20-9-7-8-17(15-20)14-16(3)4/h5-6,8-11,15-16,18,23H,4,7,12-14,17H2,1-3H3,(H,25,27);5-10,16-18H,3-4,11-15H2,1-2H3,(H,24,26);6-11,15-16H,12-14H2,1-5H3,(H,23,25);5-10,14-16H,11-13H2,1-4H3,(H,22,24);7-13,15-16H,5-6,14H2,1-4H3/t23-;;;;/m1..../s1. The number of likely N-dealkylation sites (tertiary alicyclic amines) is 2. The van der Waals surface area contributed by atoms with Gasteiger partial charge in [0.05, 0.1) is 7.11 Å². The fourth-order valence-electron chi connectivity index (χ4n) is 16.2. The van der Waals surface area contributed by atoms with Crippen LogP contribution >= 0.6 is 0 Å². The molecule has 2 saturated heterocycles. The number of nitrogens with one attached hydrogen (secondary N) is 4. The Morgan fingerprint density at radius 1 is 0.373 bits per heavy atom. The lowest BCUT2D eigenvalue weighted by atomic mass is 9.95. The molecule has 0 spiro atoms. The minimum atomic E-state index is -0.0500. The highest BCUT2D eigenvalue weighted by atomic mass is 16.5. The summed E-state index contributed by atoms with van der Waals surface area (Å²) in [4.78, 5) is 73.0. The number of benzene rings is 10. The summed E-state index contributed by atoms with van der Waals surface area (Å²) < 4.78 is 5.72. The zero-order chi connectivity index (χ0) is 91.0. The van der Waals surface area contributed by atoms with Crippen molar-refractivity contribution in [2.75, 3.05) is 120 Å². The third-order valence-corrected chi connectivity index (χ3v) is 22.5. The molecular formula is C111H147N9O6. The zero-order valence-electron chi connectivity index (χ0n) is 79.2. The van der Waals surface area contributed by atoms with Gasteiger partial charge in [-0.1, -0.05) is 252 Å². The Labute approximate surface area is 756 Å². The first kappa shape index (κ1) is 101. The van der Waals surface area contributed by atoms with Crippen LogP contribution in [-0.4, -0.2) is 180 Å². The van der Waals surface area contributed by atoms with Crippen LogP contribution in [0, 0.1) is 29.6 Å². The van der Waals surface area contributed by atoms with Crippen molar-refractivity contribution >= 4 is 29.5 Å². The SMILES string of the molecule is CC(C)Cc1cccc(-c2cccc(C(=O)NCCN(C)C)c2)c1.CC(C)Cc1cccc(-c2cccc(C(=O)NCCN3CCCC3)c2)c1.CCN(CC)C(=O)c1ccc(-c2cccc(CC(C)C)c2)cc1.CCN1CCC[C@@H]1CNC(=O)c1cccc(-c2cccc(CC(C)C)c2)c1.COc1c(CC(C)C)cccc1-c1cccc(C(=O)NCCN(C)C)c1. The predicted octanol–water partition coefficient (Wildman–Crippen LogP) is 21.9. The van der Waals surface area contributed by atoms with Gasteiger partial charge in [0, 0.05) is 98.3 Å². The maximum absolute atomic E-state index is 12.7. The molecule has 4 N–H and O–H groups in total. The van der Waals surface area contributed by atoms with Gasteiger partial charge in [-0.3, -0.25) is 28.9 Å². The van der Waals surface area contributed by atoms with Crippen molar-refractivity contribution in [2.45, 2.75) is 154 Å². The fraction of sp³-hybridized carbons (Fsp3) is 0.414. The predicted molar refractivity (Wildman–Crippen MR) is 528 cm³/mol. The second-order valence-electron chi connectivity index (χ2n) is 36.2. The molecule has 10 aromatic carbocycles. The molecule has 0 unspecified atom stereocenters. The number of amides is 5. The molecule has 0 aromatic heterocycles. The third kappa shape index (κ3) is 33.8.